The fourth-order valence-electron chi connectivity index (χ4n) is 7.67. The molecule has 3 fully saturated rings. The summed E-state index contributed by atoms with van der Waals surface area (Å²) in [5, 5.41) is 24.3. The zero-order valence-corrected chi connectivity index (χ0v) is 21.7. The van der Waals surface area contributed by atoms with Crippen molar-refractivity contribution in [1.82, 2.24) is 0 Å². The van der Waals surface area contributed by atoms with E-state index in [-0.39, 0.29) is 40.5 Å². The standard InChI is InChI=1S/C27H30Cl2O4S/c1-25-10-8-16(30)12-15(25)6-7-17-18-9-11-27(33,26(18,2)13-21(31)23(17)25)22(32)14-34-24-19(28)4-3-5-20(24)29/h3-5,8,10,12,17-18,21,23,31,33H,6-7,9,11,13-14H2,1-2H3/t17?,18?,21-,23?,25?,26?,27-/m0/s1. The number of carbonyl (C=O) groups is 2. The Morgan fingerprint density at radius 3 is 2.62 bits per heavy atom. The zero-order valence-electron chi connectivity index (χ0n) is 19.4. The second-order valence-electron chi connectivity index (χ2n) is 10.9. The molecule has 3 saturated carbocycles. The summed E-state index contributed by atoms with van der Waals surface area (Å²) in [7, 11) is 0. The van der Waals surface area contributed by atoms with Crippen LogP contribution in [0.5, 0.6) is 0 Å². The molecule has 7 atom stereocenters. The van der Waals surface area contributed by atoms with Crippen molar-refractivity contribution in [2.75, 3.05) is 5.75 Å². The van der Waals surface area contributed by atoms with E-state index < -0.39 is 17.1 Å². The summed E-state index contributed by atoms with van der Waals surface area (Å²) in [6.45, 7) is 4.11. The summed E-state index contributed by atoms with van der Waals surface area (Å²) >= 11 is 13.8. The van der Waals surface area contributed by atoms with Crippen molar-refractivity contribution in [3.05, 3.63) is 52.0 Å². The number of ketones is 2. The molecule has 34 heavy (non-hydrogen) atoms. The van der Waals surface area contributed by atoms with Crippen LogP contribution in [0.1, 0.15) is 46.0 Å². The number of Topliss-reactive ketones (excluding diaryl/α,β-unsaturated/α-hetero) is 1. The zero-order chi connectivity index (χ0) is 24.5. The van der Waals surface area contributed by atoms with Gasteiger partial charge in [-0.05, 0) is 68.2 Å². The maximum absolute atomic E-state index is 13.5. The molecule has 2 N–H and O–H groups in total. The lowest BCUT2D eigenvalue weighted by atomic mass is 9.46. The van der Waals surface area contributed by atoms with Crippen molar-refractivity contribution < 1.29 is 19.8 Å². The molecule has 5 rings (SSSR count). The van der Waals surface area contributed by atoms with Gasteiger partial charge in [0.1, 0.15) is 5.60 Å². The summed E-state index contributed by atoms with van der Waals surface area (Å²) in [5.74, 6) is 0.146. The van der Waals surface area contributed by atoms with E-state index in [2.05, 4.69) is 6.92 Å². The van der Waals surface area contributed by atoms with Gasteiger partial charge >= 0.3 is 0 Å². The van der Waals surface area contributed by atoms with E-state index in [1.54, 1.807) is 30.4 Å². The first kappa shape index (κ1) is 24.6. The molecule has 0 heterocycles. The van der Waals surface area contributed by atoms with Crippen LogP contribution >= 0.6 is 35.0 Å². The molecular weight excluding hydrogens is 491 g/mol. The molecule has 5 unspecified atom stereocenters. The van der Waals surface area contributed by atoms with Crippen molar-refractivity contribution in [1.29, 1.82) is 0 Å². The Bertz CT molecular complexity index is 1100. The molecule has 4 nitrogen and oxygen atoms in total. The molecule has 4 aliphatic carbocycles. The number of halogens is 2. The summed E-state index contributed by atoms with van der Waals surface area (Å²) in [6.07, 6.45) is 7.85. The third-order valence-electron chi connectivity index (χ3n) is 9.38. The van der Waals surface area contributed by atoms with Crippen LogP contribution in [0.4, 0.5) is 0 Å². The highest BCUT2D eigenvalue weighted by Gasteiger charge is 2.67. The Labute approximate surface area is 214 Å². The van der Waals surface area contributed by atoms with E-state index in [1.807, 2.05) is 13.0 Å². The number of thioether (sulfide) groups is 1. The smallest absolute Gasteiger partial charge is 0.178 e. The average Bonchev–Trinajstić information content (AvgIpc) is 3.05. The van der Waals surface area contributed by atoms with E-state index in [4.69, 9.17) is 23.2 Å². The van der Waals surface area contributed by atoms with Gasteiger partial charge in [-0.1, -0.05) is 54.8 Å². The van der Waals surface area contributed by atoms with Gasteiger partial charge in [0.15, 0.2) is 11.6 Å². The number of aliphatic hydroxyl groups is 2. The first-order valence-corrected chi connectivity index (χ1v) is 13.7. The van der Waals surface area contributed by atoms with Gasteiger partial charge in [0.05, 0.1) is 21.9 Å². The van der Waals surface area contributed by atoms with Crippen LogP contribution in [0, 0.1) is 28.6 Å². The van der Waals surface area contributed by atoms with Crippen LogP contribution < -0.4 is 0 Å². The SMILES string of the molecule is CC12C=CC(=O)C=C1CCC1C2[C@@H](O)CC2(C)C1CC[C@]2(O)C(=O)CSc1c(Cl)cccc1Cl. The number of aliphatic hydroxyl groups excluding tert-OH is 1. The highest BCUT2D eigenvalue weighted by molar-refractivity contribution is 8.00. The largest absolute Gasteiger partial charge is 0.393 e. The average molecular weight is 522 g/mol. The predicted molar refractivity (Wildman–Crippen MR) is 135 cm³/mol. The number of fused-ring (bicyclic) bond motifs is 5. The van der Waals surface area contributed by atoms with E-state index in [0.717, 1.165) is 24.8 Å². The molecule has 182 valence electrons. The van der Waals surface area contributed by atoms with Gasteiger partial charge < -0.3 is 10.2 Å². The van der Waals surface area contributed by atoms with Gasteiger partial charge in [0, 0.05) is 21.6 Å². The maximum atomic E-state index is 13.5. The molecule has 0 amide bonds. The molecule has 7 heteroatoms. The van der Waals surface area contributed by atoms with E-state index in [0.29, 0.717) is 27.8 Å². The highest BCUT2D eigenvalue weighted by Crippen LogP contribution is 2.67. The lowest BCUT2D eigenvalue weighted by Crippen LogP contribution is -2.61. The summed E-state index contributed by atoms with van der Waals surface area (Å²) in [5.41, 5.74) is -1.47. The Morgan fingerprint density at radius 2 is 1.91 bits per heavy atom. The van der Waals surface area contributed by atoms with Crippen LogP contribution in [-0.2, 0) is 9.59 Å². The molecule has 0 aliphatic heterocycles. The maximum Gasteiger partial charge on any atom is 0.178 e. The second-order valence-corrected chi connectivity index (χ2v) is 12.7. The molecule has 0 saturated heterocycles. The Balaban J connectivity index is 1.41. The third kappa shape index (κ3) is 3.49. The van der Waals surface area contributed by atoms with Crippen molar-refractivity contribution >= 4 is 46.5 Å². The highest BCUT2D eigenvalue weighted by atomic mass is 35.5. The molecule has 0 spiro atoms. The molecular formula is C27H30Cl2O4S. The minimum Gasteiger partial charge on any atom is -0.393 e. The van der Waals surface area contributed by atoms with Crippen LogP contribution in [0.2, 0.25) is 10.0 Å². The quantitative estimate of drug-likeness (QED) is 0.500. The molecule has 1 aromatic carbocycles. The predicted octanol–water partition coefficient (Wildman–Crippen LogP) is 5.66. The lowest BCUT2D eigenvalue weighted by Gasteiger charge is -2.59. The van der Waals surface area contributed by atoms with Crippen molar-refractivity contribution in [2.24, 2.45) is 28.6 Å². The number of hydrogen-bond acceptors (Lipinski definition) is 5. The lowest BCUT2D eigenvalue weighted by molar-refractivity contribution is -0.174. The summed E-state index contributed by atoms with van der Waals surface area (Å²) in [6, 6.07) is 5.23. The molecule has 1 aromatic rings. The van der Waals surface area contributed by atoms with Crippen LogP contribution in [0.15, 0.2) is 46.9 Å². The van der Waals surface area contributed by atoms with E-state index in [1.165, 1.54) is 11.8 Å². The fourth-order valence-corrected chi connectivity index (χ4v) is 9.32. The molecule has 0 radical (unpaired) electrons. The first-order chi connectivity index (χ1) is 16.0. The fraction of sp³-hybridized carbons (Fsp3) is 0.556. The number of rotatable bonds is 4. The van der Waals surface area contributed by atoms with Crippen molar-refractivity contribution in [3.8, 4) is 0 Å². The summed E-state index contributed by atoms with van der Waals surface area (Å²) < 4.78 is 0. The monoisotopic (exact) mass is 520 g/mol. The van der Waals surface area contributed by atoms with Gasteiger partial charge in [0.25, 0.3) is 0 Å². The second kappa shape index (κ2) is 8.48. The first-order valence-electron chi connectivity index (χ1n) is 12.0. The van der Waals surface area contributed by atoms with Gasteiger partial charge in [-0.2, -0.15) is 0 Å². The number of benzene rings is 1. The molecule has 0 aromatic heterocycles. The Morgan fingerprint density at radius 1 is 1.21 bits per heavy atom. The number of hydrogen-bond donors (Lipinski definition) is 2. The van der Waals surface area contributed by atoms with E-state index in [9.17, 15) is 19.8 Å². The number of allylic oxidation sites excluding steroid dienone is 4. The van der Waals surface area contributed by atoms with Gasteiger partial charge in [-0.15, -0.1) is 11.8 Å². The minimum absolute atomic E-state index is 0.0121. The Kier molecular flexibility index (Phi) is 6.13. The van der Waals surface area contributed by atoms with Crippen LogP contribution in [0.3, 0.4) is 0 Å². The van der Waals surface area contributed by atoms with Crippen molar-refractivity contribution in [2.45, 2.75) is 62.6 Å². The summed E-state index contributed by atoms with van der Waals surface area (Å²) in [4.78, 5) is 26.2. The van der Waals surface area contributed by atoms with Crippen LogP contribution in [-0.4, -0.2) is 39.2 Å². The van der Waals surface area contributed by atoms with E-state index >= 15 is 0 Å². The topological polar surface area (TPSA) is 74.6 Å². The number of carbonyl (C=O) groups excluding carboxylic acids is 2. The van der Waals surface area contributed by atoms with Gasteiger partial charge in [0.2, 0.25) is 0 Å². The molecule has 0 bridgehead atoms. The normalized spacial score (nSPS) is 40.9. The van der Waals surface area contributed by atoms with Crippen molar-refractivity contribution in [3.63, 3.8) is 0 Å². The van der Waals surface area contributed by atoms with Gasteiger partial charge in [-0.25, -0.2) is 0 Å². The van der Waals surface area contributed by atoms with Gasteiger partial charge in [-0.3, -0.25) is 9.59 Å². The molecule has 4 aliphatic rings. The minimum atomic E-state index is -1.50. The third-order valence-corrected chi connectivity index (χ3v) is 11.4. The van der Waals surface area contributed by atoms with Crippen LogP contribution in [0.25, 0.3) is 0 Å². The Hall–Kier alpha value is -1.11.